The minimum absolute atomic E-state index is 0. The topological polar surface area (TPSA) is 97.6 Å². The number of hydrogen-bond donors (Lipinski definition) is 3. The molecule has 0 aromatic rings. The van der Waals surface area contributed by atoms with Gasteiger partial charge in [0.15, 0.2) is 5.79 Å². The van der Waals surface area contributed by atoms with Gasteiger partial charge in [0.1, 0.15) is 24.4 Å². The lowest BCUT2D eigenvalue weighted by Gasteiger charge is -2.40. The van der Waals surface area contributed by atoms with Crippen LogP contribution in [0.4, 0.5) is 0 Å². The van der Waals surface area contributed by atoms with E-state index in [0.717, 1.165) is 7.11 Å². The van der Waals surface area contributed by atoms with E-state index in [2.05, 4.69) is 6.08 Å². The van der Waals surface area contributed by atoms with Gasteiger partial charge in [-0.05, 0) is 13.8 Å². The summed E-state index contributed by atoms with van der Waals surface area (Å²) >= 11 is 0. The number of halogens is 1. The molecule has 0 spiro atoms. The molecule has 4 atom stereocenters. The van der Waals surface area contributed by atoms with E-state index in [1.807, 2.05) is 19.9 Å². The fraction of sp³-hybridized carbons (Fsp3) is 0.750. The van der Waals surface area contributed by atoms with Crippen LogP contribution in [0.1, 0.15) is 13.8 Å². The van der Waals surface area contributed by atoms with Crippen molar-refractivity contribution in [2.24, 2.45) is 0 Å². The number of ether oxygens (including phenoxy) is 4. The maximum Gasteiger partial charge on any atom is 0.163 e. The van der Waals surface area contributed by atoms with Gasteiger partial charge >= 0.3 is 0 Å². The average Bonchev–Trinajstić information content (AvgIpc) is 2.57. The maximum absolute atomic E-state index is 9.00. The number of fused-ring (bicyclic) bond motifs is 1. The zero-order chi connectivity index (χ0) is 17.3. The minimum atomic E-state index is -0.635. The molecule has 3 N–H and O–H groups in total. The molecule has 1 saturated heterocycles. The Kier molecular flexibility index (Phi) is 11.7. The standard InChI is InChI=1S/C9H14O3.C6H10O3.CH4O.ClH/c1-9(2)11-6-8-7(12-9)4-3-5-10-8;7-4-6-5(8)2-1-3-9-6;1-2;/h3-4,7-8H,5-6H2,1-2H3;1-2,5-8H,3-4H2;2H,1H3;1H/t7-,8-;5-,6-;;/m00../s1. The zero-order valence-electron chi connectivity index (χ0n) is 14.3. The minimum Gasteiger partial charge on any atom is -0.400 e. The molecule has 0 aromatic carbocycles. The lowest BCUT2D eigenvalue weighted by Crippen LogP contribution is -2.50. The molecule has 8 heteroatoms. The van der Waals surface area contributed by atoms with Crippen molar-refractivity contribution >= 4 is 12.4 Å². The van der Waals surface area contributed by atoms with Crippen LogP contribution in [0.3, 0.4) is 0 Å². The van der Waals surface area contributed by atoms with Gasteiger partial charge in [-0.25, -0.2) is 0 Å². The van der Waals surface area contributed by atoms with E-state index in [0.29, 0.717) is 19.8 Å². The molecule has 3 heterocycles. The first-order valence-electron chi connectivity index (χ1n) is 7.64. The van der Waals surface area contributed by atoms with Crippen LogP contribution in [0.2, 0.25) is 0 Å². The number of hydrogen-bond acceptors (Lipinski definition) is 7. The monoisotopic (exact) mass is 368 g/mol. The van der Waals surface area contributed by atoms with Crippen LogP contribution in [0.15, 0.2) is 24.3 Å². The summed E-state index contributed by atoms with van der Waals surface area (Å²) in [5.41, 5.74) is 0. The van der Waals surface area contributed by atoms with Crippen molar-refractivity contribution in [1.29, 1.82) is 0 Å². The van der Waals surface area contributed by atoms with E-state index >= 15 is 0 Å². The Balaban J connectivity index is 0.000000398. The smallest absolute Gasteiger partial charge is 0.163 e. The summed E-state index contributed by atoms with van der Waals surface area (Å²) in [5, 5.41) is 24.5. The van der Waals surface area contributed by atoms with Crippen molar-refractivity contribution in [2.45, 2.75) is 44.1 Å². The van der Waals surface area contributed by atoms with Crippen molar-refractivity contribution in [3.63, 3.8) is 0 Å². The molecule has 0 radical (unpaired) electrons. The summed E-state index contributed by atoms with van der Waals surface area (Å²) < 4.78 is 21.5. The van der Waals surface area contributed by atoms with Crippen molar-refractivity contribution in [1.82, 2.24) is 0 Å². The van der Waals surface area contributed by atoms with E-state index in [-0.39, 0.29) is 31.2 Å². The highest BCUT2D eigenvalue weighted by Crippen LogP contribution is 2.26. The van der Waals surface area contributed by atoms with Crippen molar-refractivity contribution in [2.75, 3.05) is 33.5 Å². The van der Waals surface area contributed by atoms with Gasteiger partial charge in [-0.1, -0.05) is 24.3 Å². The number of aliphatic hydroxyl groups excluding tert-OH is 3. The predicted molar refractivity (Wildman–Crippen MR) is 91.1 cm³/mol. The summed E-state index contributed by atoms with van der Waals surface area (Å²) in [4.78, 5) is 0. The molecule has 0 aliphatic carbocycles. The normalized spacial score (nSPS) is 32.9. The van der Waals surface area contributed by atoms with Crippen LogP contribution in [0.5, 0.6) is 0 Å². The Morgan fingerprint density at radius 2 is 1.71 bits per heavy atom. The van der Waals surface area contributed by atoms with Crippen molar-refractivity contribution in [3.8, 4) is 0 Å². The van der Waals surface area contributed by atoms with E-state index in [1.54, 1.807) is 12.2 Å². The summed E-state index contributed by atoms with van der Waals surface area (Å²) in [5.74, 6) is -0.466. The lowest BCUT2D eigenvalue weighted by molar-refractivity contribution is -0.300. The Bertz CT molecular complexity index is 387. The van der Waals surface area contributed by atoms with Crippen LogP contribution >= 0.6 is 12.4 Å². The Morgan fingerprint density at radius 3 is 2.29 bits per heavy atom. The second-order valence-electron chi connectivity index (χ2n) is 5.57. The van der Waals surface area contributed by atoms with E-state index in [1.165, 1.54) is 0 Å². The number of rotatable bonds is 1. The highest BCUT2D eigenvalue weighted by molar-refractivity contribution is 5.85. The van der Waals surface area contributed by atoms with Crippen LogP contribution in [-0.4, -0.2) is 79.1 Å². The largest absolute Gasteiger partial charge is 0.400 e. The fourth-order valence-corrected chi connectivity index (χ4v) is 2.25. The third-order valence-corrected chi connectivity index (χ3v) is 3.41. The second-order valence-corrected chi connectivity index (χ2v) is 5.57. The summed E-state index contributed by atoms with van der Waals surface area (Å²) in [6, 6.07) is 0. The Morgan fingerprint density at radius 1 is 1.08 bits per heavy atom. The Hall–Kier alpha value is -0.510. The first-order chi connectivity index (χ1) is 11.0. The van der Waals surface area contributed by atoms with E-state index < -0.39 is 18.0 Å². The molecule has 3 aliphatic rings. The molecular weight excluding hydrogens is 340 g/mol. The summed E-state index contributed by atoms with van der Waals surface area (Å²) in [6.07, 6.45) is 6.51. The highest BCUT2D eigenvalue weighted by atomic mass is 35.5. The zero-order valence-corrected chi connectivity index (χ0v) is 15.1. The molecule has 3 aliphatic heterocycles. The van der Waals surface area contributed by atoms with Gasteiger partial charge in [0, 0.05) is 7.11 Å². The van der Waals surface area contributed by atoms with Gasteiger partial charge in [0.2, 0.25) is 0 Å². The highest BCUT2D eigenvalue weighted by Gasteiger charge is 2.36. The van der Waals surface area contributed by atoms with Crippen LogP contribution in [0.25, 0.3) is 0 Å². The molecular formula is C16H29ClO7. The van der Waals surface area contributed by atoms with Gasteiger partial charge in [-0.2, -0.15) is 0 Å². The molecule has 0 aromatic heterocycles. The predicted octanol–water partition coefficient (Wildman–Crippen LogP) is 0.418. The summed E-state index contributed by atoms with van der Waals surface area (Å²) in [6.45, 7) is 5.52. The maximum atomic E-state index is 9.00. The third-order valence-electron chi connectivity index (χ3n) is 3.41. The van der Waals surface area contributed by atoms with Crippen LogP contribution in [0, 0.1) is 0 Å². The van der Waals surface area contributed by atoms with E-state index in [4.69, 9.17) is 34.3 Å². The van der Waals surface area contributed by atoms with Gasteiger partial charge in [0.25, 0.3) is 0 Å². The van der Waals surface area contributed by atoms with Crippen LogP contribution in [-0.2, 0) is 18.9 Å². The first-order valence-corrected chi connectivity index (χ1v) is 7.64. The van der Waals surface area contributed by atoms with Crippen molar-refractivity contribution < 1.29 is 34.3 Å². The quantitative estimate of drug-likeness (QED) is 0.577. The van der Waals surface area contributed by atoms with Crippen LogP contribution < -0.4 is 0 Å². The Labute approximate surface area is 149 Å². The lowest BCUT2D eigenvalue weighted by atomic mass is 10.1. The molecule has 0 saturated carbocycles. The molecule has 3 rings (SSSR count). The van der Waals surface area contributed by atoms with Gasteiger partial charge in [-0.15, -0.1) is 12.4 Å². The SMILES string of the molecule is CC1(C)OC[C@@H]2OCC=C[C@@H]2O1.CO.Cl.OC[C@@H]1OCC=C[C@@H]1O. The molecule has 142 valence electrons. The molecule has 0 bridgehead atoms. The molecule has 24 heavy (non-hydrogen) atoms. The second kappa shape index (κ2) is 11.9. The van der Waals surface area contributed by atoms with Gasteiger partial charge in [0.05, 0.1) is 26.4 Å². The molecule has 0 unspecified atom stereocenters. The number of aliphatic hydroxyl groups is 3. The van der Waals surface area contributed by atoms with Crippen molar-refractivity contribution in [3.05, 3.63) is 24.3 Å². The summed E-state index contributed by atoms with van der Waals surface area (Å²) in [7, 11) is 1.00. The third kappa shape index (κ3) is 7.58. The average molecular weight is 369 g/mol. The van der Waals surface area contributed by atoms with Gasteiger partial charge < -0.3 is 34.3 Å². The first kappa shape index (κ1) is 23.5. The fourth-order valence-electron chi connectivity index (χ4n) is 2.25. The van der Waals surface area contributed by atoms with E-state index in [9.17, 15) is 0 Å². The molecule has 7 nitrogen and oxygen atoms in total. The molecule has 0 amide bonds. The molecule has 1 fully saturated rings. The van der Waals surface area contributed by atoms with Gasteiger partial charge in [-0.3, -0.25) is 0 Å².